The van der Waals surface area contributed by atoms with Gasteiger partial charge >= 0.3 is 5.97 Å². The maximum absolute atomic E-state index is 15.4. The number of hydrogen-bond acceptors (Lipinski definition) is 5. The molecule has 1 fully saturated rings. The van der Waals surface area contributed by atoms with Crippen molar-refractivity contribution in [2.24, 2.45) is 0 Å². The van der Waals surface area contributed by atoms with Gasteiger partial charge < -0.3 is 19.5 Å². The van der Waals surface area contributed by atoms with Gasteiger partial charge in [0, 0.05) is 50.0 Å². The molecule has 2 aromatic carbocycles. The van der Waals surface area contributed by atoms with Gasteiger partial charge in [-0.3, -0.25) is 9.78 Å². The van der Waals surface area contributed by atoms with Crippen LogP contribution in [0.2, 0.25) is 5.02 Å². The van der Waals surface area contributed by atoms with E-state index in [-0.39, 0.29) is 21.4 Å². The van der Waals surface area contributed by atoms with Crippen LogP contribution in [-0.2, 0) is 6.54 Å². The minimum Gasteiger partial charge on any atom is -0.477 e. The molecule has 0 amide bonds. The van der Waals surface area contributed by atoms with Gasteiger partial charge in [-0.15, -0.1) is 0 Å². The van der Waals surface area contributed by atoms with E-state index < -0.39 is 23.0 Å². The minimum atomic E-state index is -1.33. The number of nitrogens with zero attached hydrogens (tertiary/aromatic N) is 4. The van der Waals surface area contributed by atoms with Crippen molar-refractivity contribution >= 4 is 50.8 Å². The summed E-state index contributed by atoms with van der Waals surface area (Å²) in [5.74, 6) is -2.33. The quantitative estimate of drug-likeness (QED) is 0.417. The number of carbonyl (C=O) groups is 1. The summed E-state index contributed by atoms with van der Waals surface area (Å²) in [5, 5.41) is 9.95. The van der Waals surface area contributed by atoms with Gasteiger partial charge in [-0.05, 0) is 37.3 Å². The van der Waals surface area contributed by atoms with E-state index >= 15 is 4.39 Å². The number of anilines is 2. The molecule has 0 aliphatic carbocycles. The Morgan fingerprint density at radius 3 is 2.46 bits per heavy atom. The second-order valence-electron chi connectivity index (χ2n) is 8.37. The molecule has 2 aromatic heterocycles. The molecule has 5 rings (SSSR count). The summed E-state index contributed by atoms with van der Waals surface area (Å²) >= 11 is 5.91. The lowest BCUT2D eigenvalue weighted by Crippen LogP contribution is -2.46. The van der Waals surface area contributed by atoms with Crippen molar-refractivity contribution in [2.75, 3.05) is 36.0 Å². The van der Waals surface area contributed by atoms with Gasteiger partial charge in [-0.2, -0.15) is 0 Å². The second kappa shape index (κ2) is 8.81. The number of carboxylic acid groups (broad SMARTS) is 1. The Balaban J connectivity index is 1.52. The predicted octanol–water partition coefficient (Wildman–Crippen LogP) is 4.53. The van der Waals surface area contributed by atoms with Crippen LogP contribution in [0, 0.1) is 11.6 Å². The number of aromatic carboxylic acids is 1. The van der Waals surface area contributed by atoms with Crippen molar-refractivity contribution < 1.29 is 18.7 Å². The van der Waals surface area contributed by atoms with E-state index in [0.29, 0.717) is 49.4 Å². The topological polar surface area (TPSA) is 78.7 Å². The molecule has 0 radical (unpaired) electrons. The number of piperazine rings is 1. The fourth-order valence-electron chi connectivity index (χ4n) is 4.61. The van der Waals surface area contributed by atoms with Crippen LogP contribution in [-0.4, -0.2) is 46.8 Å². The van der Waals surface area contributed by atoms with Crippen molar-refractivity contribution in [3.8, 4) is 0 Å². The molecule has 10 heteroatoms. The molecule has 1 aliphatic heterocycles. The van der Waals surface area contributed by atoms with Crippen molar-refractivity contribution in [3.63, 3.8) is 0 Å². The molecule has 0 saturated carbocycles. The first-order chi connectivity index (χ1) is 16.8. The van der Waals surface area contributed by atoms with Crippen LogP contribution >= 0.6 is 11.6 Å². The van der Waals surface area contributed by atoms with Crippen LogP contribution in [0.4, 0.5) is 20.2 Å². The number of fused-ring (bicyclic) bond motifs is 3. The Bertz CT molecular complexity index is 1550. The number of aromatic nitrogens is 2. The summed E-state index contributed by atoms with van der Waals surface area (Å²) in [6, 6.07) is 7.42. The predicted molar refractivity (Wildman–Crippen MR) is 132 cm³/mol. The van der Waals surface area contributed by atoms with Crippen molar-refractivity contribution in [3.05, 3.63) is 75.2 Å². The number of benzene rings is 2. The highest BCUT2D eigenvalue weighted by molar-refractivity contribution is 6.31. The molecular weight excluding hydrogens is 478 g/mol. The number of halogens is 3. The van der Waals surface area contributed by atoms with Gasteiger partial charge in [0.15, 0.2) is 0 Å². The molecule has 3 heterocycles. The standard InChI is InChI=1S/C25H21ClF2N4O3/c1-2-30-13-16(25(34)35)24(33)23-15-10-19(28)21(11-20(15)29-12-22(23)30)32-7-5-31(6-8-32)14-3-4-18(27)17(26)9-14/h3-4,9-13H,2,5-8H2,1H3,(H,34,35). The maximum atomic E-state index is 15.4. The largest absolute Gasteiger partial charge is 0.477 e. The van der Waals surface area contributed by atoms with Crippen LogP contribution in [0.25, 0.3) is 21.8 Å². The lowest BCUT2D eigenvalue weighted by molar-refractivity contribution is 0.0695. The second-order valence-corrected chi connectivity index (χ2v) is 8.78. The summed E-state index contributed by atoms with van der Waals surface area (Å²) in [5.41, 5.74) is 0.977. The Labute approximate surface area is 203 Å². The molecule has 7 nitrogen and oxygen atoms in total. The van der Waals surface area contributed by atoms with E-state index in [0.717, 1.165) is 5.69 Å². The lowest BCUT2D eigenvalue weighted by atomic mass is 10.1. The zero-order valence-corrected chi connectivity index (χ0v) is 19.5. The molecule has 4 aromatic rings. The molecule has 0 unspecified atom stereocenters. The molecule has 0 spiro atoms. The maximum Gasteiger partial charge on any atom is 0.341 e. The van der Waals surface area contributed by atoms with Crippen LogP contribution in [0.3, 0.4) is 0 Å². The van der Waals surface area contributed by atoms with E-state index in [9.17, 15) is 19.1 Å². The molecule has 1 aliphatic rings. The van der Waals surface area contributed by atoms with Crippen molar-refractivity contribution in [2.45, 2.75) is 13.5 Å². The zero-order chi connectivity index (χ0) is 24.9. The number of rotatable bonds is 4. The summed E-state index contributed by atoms with van der Waals surface area (Å²) in [4.78, 5) is 33.0. The Kier molecular flexibility index (Phi) is 5.80. The third-order valence-corrected chi connectivity index (χ3v) is 6.73. The molecule has 1 saturated heterocycles. The Morgan fingerprint density at radius 2 is 1.80 bits per heavy atom. The highest BCUT2D eigenvalue weighted by atomic mass is 35.5. The van der Waals surface area contributed by atoms with Gasteiger partial charge in [0.05, 0.1) is 33.3 Å². The Hall–Kier alpha value is -3.72. The average Bonchev–Trinajstić information content (AvgIpc) is 2.85. The van der Waals surface area contributed by atoms with Crippen molar-refractivity contribution in [1.29, 1.82) is 0 Å². The minimum absolute atomic E-state index is 0.0528. The number of pyridine rings is 2. The third kappa shape index (κ3) is 3.95. The number of hydrogen-bond donors (Lipinski definition) is 1. The Morgan fingerprint density at radius 1 is 1.09 bits per heavy atom. The van der Waals surface area contributed by atoms with Gasteiger partial charge in [0.1, 0.15) is 17.2 Å². The van der Waals surface area contributed by atoms with Gasteiger partial charge in [0.2, 0.25) is 5.43 Å². The van der Waals surface area contributed by atoms with E-state index in [1.165, 1.54) is 24.5 Å². The molecule has 180 valence electrons. The van der Waals surface area contributed by atoms with Gasteiger partial charge in [-0.25, -0.2) is 13.6 Å². The number of aryl methyl sites for hydroxylation is 1. The highest BCUT2D eigenvalue weighted by Crippen LogP contribution is 2.31. The van der Waals surface area contributed by atoms with E-state index in [1.807, 2.05) is 16.7 Å². The van der Waals surface area contributed by atoms with Crippen LogP contribution < -0.4 is 15.2 Å². The van der Waals surface area contributed by atoms with Crippen LogP contribution in [0.1, 0.15) is 17.3 Å². The summed E-state index contributed by atoms with van der Waals surface area (Å²) in [6.07, 6.45) is 2.81. The summed E-state index contributed by atoms with van der Waals surface area (Å²) < 4.78 is 30.5. The van der Waals surface area contributed by atoms with Crippen molar-refractivity contribution in [1.82, 2.24) is 9.55 Å². The first-order valence-corrected chi connectivity index (χ1v) is 11.5. The average molecular weight is 499 g/mol. The number of carboxylic acids is 1. The van der Waals surface area contributed by atoms with Crippen LogP contribution in [0.15, 0.2) is 47.5 Å². The van der Waals surface area contributed by atoms with E-state index in [2.05, 4.69) is 4.98 Å². The molecule has 35 heavy (non-hydrogen) atoms. The SMILES string of the molecule is CCn1cc(C(=O)O)c(=O)c2c3cc(F)c(N4CCN(c5ccc(F)c(Cl)c5)CC4)cc3ncc21. The fraction of sp³-hybridized carbons (Fsp3) is 0.240. The normalized spacial score (nSPS) is 14.2. The van der Waals surface area contributed by atoms with Crippen LogP contribution in [0.5, 0.6) is 0 Å². The van der Waals surface area contributed by atoms with E-state index in [4.69, 9.17) is 11.6 Å². The fourth-order valence-corrected chi connectivity index (χ4v) is 4.78. The monoisotopic (exact) mass is 498 g/mol. The van der Waals surface area contributed by atoms with E-state index in [1.54, 1.807) is 22.8 Å². The third-order valence-electron chi connectivity index (χ3n) is 6.44. The highest BCUT2D eigenvalue weighted by Gasteiger charge is 2.23. The lowest BCUT2D eigenvalue weighted by Gasteiger charge is -2.37. The first kappa shape index (κ1) is 23.0. The smallest absolute Gasteiger partial charge is 0.341 e. The zero-order valence-electron chi connectivity index (χ0n) is 18.8. The van der Waals surface area contributed by atoms with Gasteiger partial charge in [-0.1, -0.05) is 11.6 Å². The summed E-state index contributed by atoms with van der Waals surface area (Å²) in [6.45, 7) is 4.42. The molecular formula is C25H21ClF2N4O3. The molecule has 0 atom stereocenters. The summed E-state index contributed by atoms with van der Waals surface area (Å²) in [7, 11) is 0. The molecule has 0 bridgehead atoms. The first-order valence-electron chi connectivity index (χ1n) is 11.1. The van der Waals surface area contributed by atoms with Gasteiger partial charge in [0.25, 0.3) is 0 Å². The molecule has 1 N–H and O–H groups in total.